The molecule has 3 aromatic rings. The van der Waals surface area contributed by atoms with Gasteiger partial charge in [0.25, 0.3) is 0 Å². The van der Waals surface area contributed by atoms with Gasteiger partial charge in [-0.1, -0.05) is 36.4 Å². The van der Waals surface area contributed by atoms with E-state index in [2.05, 4.69) is 15.5 Å². The van der Waals surface area contributed by atoms with E-state index in [-0.39, 0.29) is 25.2 Å². The van der Waals surface area contributed by atoms with E-state index in [0.717, 1.165) is 5.56 Å². The number of aromatic nitrogens is 3. The number of hydrogen-bond acceptors (Lipinski definition) is 8. The van der Waals surface area contributed by atoms with E-state index >= 15 is 0 Å². The van der Waals surface area contributed by atoms with Crippen molar-refractivity contribution in [1.29, 1.82) is 0 Å². The molecule has 37 heavy (non-hydrogen) atoms. The number of benzene rings is 1. The van der Waals surface area contributed by atoms with Crippen LogP contribution in [0.25, 0.3) is 5.65 Å². The Morgan fingerprint density at radius 1 is 1.11 bits per heavy atom. The Morgan fingerprint density at radius 3 is 2.54 bits per heavy atom. The Kier molecular flexibility index (Phi) is 8.37. The summed E-state index contributed by atoms with van der Waals surface area (Å²) in [5, 5.41) is 11.6. The molecule has 3 heterocycles. The van der Waals surface area contributed by atoms with Crippen LogP contribution in [-0.2, 0) is 25.6 Å². The van der Waals surface area contributed by atoms with Crippen molar-refractivity contribution in [2.75, 3.05) is 32.9 Å². The lowest BCUT2D eigenvalue weighted by atomic mass is 10.1. The molecular weight excluding hydrogens is 476 g/mol. The van der Waals surface area contributed by atoms with Gasteiger partial charge in [-0.05, 0) is 38.5 Å². The van der Waals surface area contributed by atoms with Gasteiger partial charge in [0.2, 0.25) is 5.91 Å². The molecule has 0 aliphatic carbocycles. The van der Waals surface area contributed by atoms with E-state index in [1.165, 1.54) is 0 Å². The standard InChI is InChI=1S/C26H34N6O5/c1-18(19-8-5-4-6-9-19)36-17-21(28-24(33)26(2,3)27)23-30-29-22-11-7-10-20(32(22)23)16-37-25(34)31-12-14-35-15-13-31/h4-11,18,21H,12-17,27H2,1-3H3,(H,28,33)/t18-,21?/m0/s1. The van der Waals surface area contributed by atoms with Crippen LogP contribution in [0.4, 0.5) is 4.79 Å². The number of hydrogen-bond donors (Lipinski definition) is 2. The van der Waals surface area contributed by atoms with Gasteiger partial charge in [0, 0.05) is 13.1 Å². The fourth-order valence-electron chi connectivity index (χ4n) is 3.93. The molecule has 11 heteroatoms. The fourth-order valence-corrected chi connectivity index (χ4v) is 3.93. The van der Waals surface area contributed by atoms with Gasteiger partial charge in [-0.25, -0.2) is 4.79 Å². The molecule has 1 fully saturated rings. The molecule has 11 nitrogen and oxygen atoms in total. The average Bonchev–Trinajstić information content (AvgIpc) is 3.34. The number of ether oxygens (including phenoxy) is 3. The maximum atomic E-state index is 12.9. The molecule has 1 unspecified atom stereocenters. The minimum Gasteiger partial charge on any atom is -0.443 e. The molecule has 0 saturated carbocycles. The molecule has 4 rings (SSSR count). The van der Waals surface area contributed by atoms with Crippen molar-refractivity contribution >= 4 is 17.6 Å². The number of amides is 2. The highest BCUT2D eigenvalue weighted by molar-refractivity contribution is 5.85. The van der Waals surface area contributed by atoms with Gasteiger partial charge in [-0.2, -0.15) is 0 Å². The molecule has 2 amide bonds. The minimum absolute atomic E-state index is 0.00287. The van der Waals surface area contributed by atoms with Crippen LogP contribution in [0, 0.1) is 0 Å². The van der Waals surface area contributed by atoms with Crippen LogP contribution in [0.15, 0.2) is 48.5 Å². The summed E-state index contributed by atoms with van der Waals surface area (Å²) in [4.78, 5) is 27.0. The lowest BCUT2D eigenvalue weighted by molar-refractivity contribution is -0.126. The number of nitrogens with zero attached hydrogens (tertiary/aromatic N) is 4. The zero-order valence-electron chi connectivity index (χ0n) is 21.4. The minimum atomic E-state index is -1.11. The second-order valence-electron chi connectivity index (χ2n) is 9.56. The number of morpholine rings is 1. The first kappa shape index (κ1) is 26.5. The number of pyridine rings is 1. The zero-order chi connectivity index (χ0) is 26.4. The van der Waals surface area contributed by atoms with Crippen molar-refractivity contribution in [2.24, 2.45) is 5.73 Å². The largest absolute Gasteiger partial charge is 0.443 e. The molecule has 0 bridgehead atoms. The van der Waals surface area contributed by atoms with Crippen molar-refractivity contribution < 1.29 is 23.8 Å². The van der Waals surface area contributed by atoms with Crippen LogP contribution in [0.2, 0.25) is 0 Å². The van der Waals surface area contributed by atoms with Crippen LogP contribution in [0.5, 0.6) is 0 Å². The van der Waals surface area contributed by atoms with Crippen molar-refractivity contribution in [3.63, 3.8) is 0 Å². The monoisotopic (exact) mass is 510 g/mol. The highest BCUT2D eigenvalue weighted by atomic mass is 16.6. The summed E-state index contributed by atoms with van der Waals surface area (Å²) in [7, 11) is 0. The first-order valence-electron chi connectivity index (χ1n) is 12.3. The molecular formula is C26H34N6O5. The Morgan fingerprint density at radius 2 is 1.84 bits per heavy atom. The quantitative estimate of drug-likeness (QED) is 0.448. The van der Waals surface area contributed by atoms with Gasteiger partial charge in [0.1, 0.15) is 12.6 Å². The third kappa shape index (κ3) is 6.62. The summed E-state index contributed by atoms with van der Waals surface area (Å²) in [5.41, 5.74) is 7.16. The maximum absolute atomic E-state index is 12.9. The Balaban J connectivity index is 1.58. The molecule has 2 atom stereocenters. The van der Waals surface area contributed by atoms with Crippen LogP contribution in [0.1, 0.15) is 50.0 Å². The SMILES string of the molecule is C[C@H](OCC(NC(=O)C(C)(C)N)c1nnc2cccc(COC(=O)N3CCOCC3)n12)c1ccccc1. The average molecular weight is 511 g/mol. The Hall–Kier alpha value is -3.54. The van der Waals surface area contributed by atoms with E-state index in [0.29, 0.717) is 43.5 Å². The summed E-state index contributed by atoms with van der Waals surface area (Å²) >= 11 is 0. The van der Waals surface area contributed by atoms with Crippen LogP contribution in [-0.4, -0.2) is 69.9 Å². The number of carbonyl (C=O) groups is 2. The van der Waals surface area contributed by atoms with E-state index in [1.54, 1.807) is 29.2 Å². The summed E-state index contributed by atoms with van der Waals surface area (Å²) in [6, 6.07) is 14.6. The van der Waals surface area contributed by atoms with Crippen LogP contribution >= 0.6 is 0 Å². The molecule has 0 spiro atoms. The normalized spacial score (nSPS) is 15.8. The third-order valence-electron chi connectivity index (χ3n) is 6.13. The van der Waals surface area contributed by atoms with Crippen LogP contribution in [0.3, 0.4) is 0 Å². The molecule has 1 aliphatic rings. The number of fused-ring (bicyclic) bond motifs is 1. The predicted octanol–water partition coefficient (Wildman–Crippen LogP) is 2.37. The number of nitrogens with one attached hydrogen (secondary N) is 1. The summed E-state index contributed by atoms with van der Waals surface area (Å²) in [5.74, 6) is 0.0901. The Labute approximate surface area is 215 Å². The molecule has 1 aromatic carbocycles. The third-order valence-corrected chi connectivity index (χ3v) is 6.13. The van der Waals surface area contributed by atoms with Gasteiger partial charge < -0.3 is 30.2 Å². The lowest BCUT2D eigenvalue weighted by Crippen LogP contribution is -2.51. The van der Waals surface area contributed by atoms with Crippen molar-refractivity contribution in [3.8, 4) is 0 Å². The fraction of sp³-hybridized carbons (Fsp3) is 0.462. The van der Waals surface area contributed by atoms with E-state index in [4.69, 9.17) is 19.9 Å². The van der Waals surface area contributed by atoms with Gasteiger partial charge in [-0.3, -0.25) is 9.20 Å². The van der Waals surface area contributed by atoms with Crippen molar-refractivity contribution in [3.05, 3.63) is 65.6 Å². The number of rotatable bonds is 9. The zero-order valence-corrected chi connectivity index (χ0v) is 21.4. The van der Waals surface area contributed by atoms with Crippen LogP contribution < -0.4 is 11.1 Å². The van der Waals surface area contributed by atoms with Gasteiger partial charge in [0.15, 0.2) is 11.5 Å². The highest BCUT2D eigenvalue weighted by Crippen LogP contribution is 2.22. The van der Waals surface area contributed by atoms with Gasteiger partial charge in [0.05, 0.1) is 37.2 Å². The van der Waals surface area contributed by atoms with Gasteiger partial charge >= 0.3 is 6.09 Å². The lowest BCUT2D eigenvalue weighted by Gasteiger charge is -2.26. The molecule has 1 saturated heterocycles. The number of nitrogens with two attached hydrogens (primary N) is 1. The first-order valence-corrected chi connectivity index (χ1v) is 12.3. The molecule has 198 valence electrons. The second-order valence-corrected chi connectivity index (χ2v) is 9.56. The number of carbonyl (C=O) groups excluding carboxylic acids is 2. The van der Waals surface area contributed by atoms with E-state index < -0.39 is 17.7 Å². The second kappa shape index (κ2) is 11.7. The summed E-state index contributed by atoms with van der Waals surface area (Å²) in [6.45, 7) is 7.28. The first-order chi connectivity index (χ1) is 17.7. The Bertz CT molecular complexity index is 1200. The van der Waals surface area contributed by atoms with E-state index in [9.17, 15) is 9.59 Å². The molecule has 3 N–H and O–H groups in total. The molecule has 2 aromatic heterocycles. The van der Waals surface area contributed by atoms with Gasteiger partial charge in [-0.15, -0.1) is 10.2 Å². The topological polar surface area (TPSA) is 133 Å². The summed E-state index contributed by atoms with van der Waals surface area (Å²) in [6.07, 6.45) is -0.635. The van der Waals surface area contributed by atoms with Crippen molar-refractivity contribution in [2.45, 2.75) is 45.1 Å². The highest BCUT2D eigenvalue weighted by Gasteiger charge is 2.29. The maximum Gasteiger partial charge on any atom is 0.410 e. The molecule has 0 radical (unpaired) electrons. The summed E-state index contributed by atoms with van der Waals surface area (Å²) < 4.78 is 18.8. The van der Waals surface area contributed by atoms with E-state index in [1.807, 2.05) is 49.4 Å². The predicted molar refractivity (Wildman–Crippen MR) is 136 cm³/mol. The molecule has 1 aliphatic heterocycles. The van der Waals surface area contributed by atoms with Crippen molar-refractivity contribution in [1.82, 2.24) is 24.8 Å². The smallest absolute Gasteiger partial charge is 0.410 e.